The summed E-state index contributed by atoms with van der Waals surface area (Å²) in [6.07, 6.45) is 0.382. The van der Waals surface area contributed by atoms with E-state index in [1.807, 2.05) is 13.8 Å². The zero-order chi connectivity index (χ0) is 16.6. The molecule has 0 saturated carbocycles. The van der Waals surface area contributed by atoms with Gasteiger partial charge in [0.2, 0.25) is 15.9 Å². The van der Waals surface area contributed by atoms with Gasteiger partial charge in [-0.2, -0.15) is 0 Å². The van der Waals surface area contributed by atoms with Crippen molar-refractivity contribution in [1.82, 2.24) is 9.62 Å². The predicted molar refractivity (Wildman–Crippen MR) is 88.3 cm³/mol. The molecule has 0 aliphatic heterocycles. The van der Waals surface area contributed by atoms with Crippen LogP contribution >= 0.6 is 0 Å². The molecule has 1 amide bonds. The van der Waals surface area contributed by atoms with E-state index in [1.54, 1.807) is 19.1 Å². The number of amides is 1. The van der Waals surface area contributed by atoms with Crippen molar-refractivity contribution in [3.05, 3.63) is 24.3 Å². The highest BCUT2D eigenvalue weighted by Crippen LogP contribution is 2.14. The fraction of sp³-hybridized carbons (Fsp3) is 0.533. The Morgan fingerprint density at radius 1 is 1.09 bits per heavy atom. The summed E-state index contributed by atoms with van der Waals surface area (Å²) in [7, 11) is -3.51. The van der Waals surface area contributed by atoms with E-state index in [1.165, 1.54) is 12.1 Å². The molecule has 1 rings (SSSR count). The Kier molecular flexibility index (Phi) is 7.50. The van der Waals surface area contributed by atoms with Crippen LogP contribution in [0.5, 0.6) is 0 Å². The van der Waals surface area contributed by atoms with E-state index in [0.717, 1.165) is 13.1 Å². The first-order chi connectivity index (χ1) is 10.4. The Morgan fingerprint density at radius 3 is 2.18 bits per heavy atom. The number of rotatable bonds is 9. The molecular weight excluding hydrogens is 302 g/mol. The highest BCUT2D eigenvalue weighted by atomic mass is 32.2. The van der Waals surface area contributed by atoms with E-state index in [0.29, 0.717) is 25.2 Å². The van der Waals surface area contributed by atoms with Gasteiger partial charge in [0.05, 0.1) is 4.90 Å². The van der Waals surface area contributed by atoms with E-state index in [-0.39, 0.29) is 10.8 Å². The molecule has 6 nitrogen and oxygen atoms in total. The zero-order valence-corrected chi connectivity index (χ0v) is 14.2. The number of hydrogen-bond acceptors (Lipinski definition) is 4. The van der Waals surface area contributed by atoms with Crippen LogP contribution in [0.25, 0.3) is 0 Å². The fourth-order valence-electron chi connectivity index (χ4n) is 1.93. The van der Waals surface area contributed by atoms with Crippen molar-refractivity contribution >= 4 is 21.6 Å². The Labute approximate surface area is 132 Å². The van der Waals surface area contributed by atoms with Crippen LogP contribution in [0.3, 0.4) is 0 Å². The molecule has 7 heteroatoms. The van der Waals surface area contributed by atoms with Crippen LogP contribution in [0.4, 0.5) is 5.69 Å². The molecule has 2 N–H and O–H groups in total. The number of carbonyl (C=O) groups excluding carboxylic acids is 1. The van der Waals surface area contributed by atoms with Gasteiger partial charge in [-0.05, 0) is 37.4 Å². The summed E-state index contributed by atoms with van der Waals surface area (Å²) >= 11 is 0. The first-order valence-corrected chi connectivity index (χ1v) is 9.03. The molecule has 22 heavy (non-hydrogen) atoms. The second-order valence-corrected chi connectivity index (χ2v) is 6.62. The number of nitrogens with one attached hydrogen (secondary N) is 2. The molecule has 0 aliphatic rings. The van der Waals surface area contributed by atoms with Crippen LogP contribution in [-0.4, -0.2) is 45.4 Å². The van der Waals surface area contributed by atoms with E-state index >= 15 is 0 Å². The Hall–Kier alpha value is -1.44. The lowest BCUT2D eigenvalue weighted by Gasteiger charge is -2.18. The molecule has 0 atom stereocenters. The van der Waals surface area contributed by atoms with Crippen molar-refractivity contribution in [2.24, 2.45) is 0 Å². The van der Waals surface area contributed by atoms with E-state index < -0.39 is 10.0 Å². The van der Waals surface area contributed by atoms with Gasteiger partial charge in [0.15, 0.2) is 0 Å². The normalized spacial score (nSPS) is 11.6. The number of likely N-dealkylation sites (N-methyl/N-ethyl adjacent to an activating group) is 1. The lowest BCUT2D eigenvalue weighted by atomic mass is 10.3. The highest BCUT2D eigenvalue weighted by molar-refractivity contribution is 7.89. The summed E-state index contributed by atoms with van der Waals surface area (Å²) in [5.74, 6) is -0.104. The minimum absolute atomic E-state index is 0.104. The summed E-state index contributed by atoms with van der Waals surface area (Å²) in [4.78, 5) is 13.6. The molecule has 0 heterocycles. The van der Waals surface area contributed by atoms with Crippen molar-refractivity contribution in [1.29, 1.82) is 0 Å². The second kappa shape index (κ2) is 8.87. The fourth-order valence-corrected chi connectivity index (χ4v) is 2.95. The minimum Gasteiger partial charge on any atom is -0.326 e. The molecule has 0 radical (unpaired) electrons. The summed E-state index contributed by atoms with van der Waals surface area (Å²) in [5.41, 5.74) is 0.592. The SMILES string of the molecule is CCC(=O)Nc1ccc(S(=O)(=O)NCCN(CC)CC)cc1. The smallest absolute Gasteiger partial charge is 0.240 e. The first-order valence-electron chi connectivity index (χ1n) is 7.54. The molecule has 0 bridgehead atoms. The Morgan fingerprint density at radius 2 is 1.68 bits per heavy atom. The summed E-state index contributed by atoms with van der Waals surface area (Å²) in [5, 5.41) is 2.68. The van der Waals surface area contributed by atoms with Crippen LogP contribution in [0, 0.1) is 0 Å². The molecular formula is C15H25N3O3S. The van der Waals surface area contributed by atoms with Gasteiger partial charge >= 0.3 is 0 Å². The molecule has 0 fully saturated rings. The zero-order valence-electron chi connectivity index (χ0n) is 13.4. The molecule has 0 unspecified atom stereocenters. The van der Waals surface area contributed by atoms with Gasteiger partial charge < -0.3 is 10.2 Å². The van der Waals surface area contributed by atoms with Crippen molar-refractivity contribution in [2.45, 2.75) is 32.1 Å². The molecule has 1 aromatic carbocycles. The van der Waals surface area contributed by atoms with Gasteiger partial charge in [-0.25, -0.2) is 13.1 Å². The highest BCUT2D eigenvalue weighted by Gasteiger charge is 2.13. The third-order valence-corrected chi connectivity index (χ3v) is 4.86. The third-order valence-electron chi connectivity index (χ3n) is 3.38. The molecule has 0 saturated heterocycles. The van der Waals surface area contributed by atoms with E-state index in [4.69, 9.17) is 0 Å². The monoisotopic (exact) mass is 327 g/mol. The minimum atomic E-state index is -3.51. The van der Waals surface area contributed by atoms with Gasteiger partial charge in [-0.1, -0.05) is 20.8 Å². The summed E-state index contributed by atoms with van der Waals surface area (Å²) in [6, 6.07) is 6.16. The van der Waals surface area contributed by atoms with E-state index in [9.17, 15) is 13.2 Å². The lowest BCUT2D eigenvalue weighted by Crippen LogP contribution is -2.34. The Balaban J connectivity index is 2.63. The summed E-state index contributed by atoms with van der Waals surface area (Å²) < 4.78 is 26.9. The molecule has 124 valence electrons. The molecule has 0 aliphatic carbocycles. The third kappa shape index (κ3) is 5.75. The first kappa shape index (κ1) is 18.6. The van der Waals surface area contributed by atoms with Crippen molar-refractivity contribution in [3.63, 3.8) is 0 Å². The van der Waals surface area contributed by atoms with Gasteiger partial charge in [0.1, 0.15) is 0 Å². The maximum absolute atomic E-state index is 12.2. The predicted octanol–water partition coefficient (Wildman–Crippen LogP) is 1.66. The number of carbonyl (C=O) groups is 1. The van der Waals surface area contributed by atoms with E-state index in [2.05, 4.69) is 14.9 Å². The average Bonchev–Trinajstić information content (AvgIpc) is 2.52. The molecule has 0 spiro atoms. The number of nitrogens with zero attached hydrogens (tertiary/aromatic N) is 1. The maximum atomic E-state index is 12.2. The quantitative estimate of drug-likeness (QED) is 0.723. The van der Waals surface area contributed by atoms with Crippen LogP contribution < -0.4 is 10.0 Å². The van der Waals surface area contributed by atoms with Crippen molar-refractivity contribution in [3.8, 4) is 0 Å². The van der Waals surface area contributed by atoms with Gasteiger partial charge in [-0.15, -0.1) is 0 Å². The van der Waals surface area contributed by atoms with Crippen LogP contribution in [0.15, 0.2) is 29.2 Å². The van der Waals surface area contributed by atoms with Crippen LogP contribution in [0.2, 0.25) is 0 Å². The number of anilines is 1. The van der Waals surface area contributed by atoms with Crippen molar-refractivity contribution < 1.29 is 13.2 Å². The average molecular weight is 327 g/mol. The molecule has 1 aromatic rings. The maximum Gasteiger partial charge on any atom is 0.240 e. The van der Waals surface area contributed by atoms with Crippen molar-refractivity contribution in [2.75, 3.05) is 31.5 Å². The topological polar surface area (TPSA) is 78.5 Å². The number of benzene rings is 1. The lowest BCUT2D eigenvalue weighted by molar-refractivity contribution is -0.115. The van der Waals surface area contributed by atoms with Crippen LogP contribution in [-0.2, 0) is 14.8 Å². The van der Waals surface area contributed by atoms with Crippen LogP contribution in [0.1, 0.15) is 27.2 Å². The number of sulfonamides is 1. The molecule has 0 aromatic heterocycles. The van der Waals surface area contributed by atoms with Gasteiger partial charge in [0.25, 0.3) is 0 Å². The Bertz CT molecular complexity index is 566. The standard InChI is InChI=1S/C15H25N3O3S/c1-4-15(19)17-13-7-9-14(10-8-13)22(20,21)16-11-12-18(5-2)6-3/h7-10,16H,4-6,11-12H2,1-3H3,(H,17,19). The van der Waals surface area contributed by atoms with Gasteiger partial charge in [0, 0.05) is 25.2 Å². The number of hydrogen-bond donors (Lipinski definition) is 2. The largest absolute Gasteiger partial charge is 0.326 e. The van der Waals surface area contributed by atoms with Gasteiger partial charge in [-0.3, -0.25) is 4.79 Å². The second-order valence-electron chi connectivity index (χ2n) is 4.85. The summed E-state index contributed by atoms with van der Waals surface area (Å²) in [6.45, 7) is 8.68.